The van der Waals surface area contributed by atoms with Crippen molar-refractivity contribution in [2.45, 2.75) is 20.3 Å². The number of carbonyl (C=O) groups excluding carboxylic acids is 1. The molecule has 3 aromatic rings. The number of benzene rings is 1. The first kappa shape index (κ1) is 19.3. The van der Waals surface area contributed by atoms with Crippen LogP contribution in [0.2, 0.25) is 0 Å². The number of hydrogen-bond acceptors (Lipinski definition) is 6. The highest BCUT2D eigenvalue weighted by Crippen LogP contribution is 2.18. The molecule has 0 unspecified atom stereocenters. The van der Waals surface area contributed by atoms with E-state index in [1.54, 1.807) is 11.8 Å². The molecule has 8 nitrogen and oxygen atoms in total. The Morgan fingerprint density at radius 2 is 1.96 bits per heavy atom. The lowest BCUT2D eigenvalue weighted by Gasteiger charge is -2.09. The van der Waals surface area contributed by atoms with E-state index in [1.165, 1.54) is 0 Å². The Bertz CT molecular complexity index is 936. The Morgan fingerprint density at radius 1 is 1.11 bits per heavy atom. The number of carbonyl (C=O) groups is 1. The smallest absolute Gasteiger partial charge is 0.224 e. The molecule has 0 aliphatic rings. The summed E-state index contributed by atoms with van der Waals surface area (Å²) in [4.78, 5) is 12.1. The first-order valence-corrected chi connectivity index (χ1v) is 9.05. The van der Waals surface area contributed by atoms with Crippen molar-refractivity contribution in [2.75, 3.05) is 25.5 Å². The van der Waals surface area contributed by atoms with Crippen molar-refractivity contribution in [1.29, 1.82) is 0 Å². The summed E-state index contributed by atoms with van der Waals surface area (Å²) in [6.07, 6.45) is 2.18. The topological polar surface area (TPSA) is 94.0 Å². The van der Waals surface area contributed by atoms with Gasteiger partial charge >= 0.3 is 0 Å². The summed E-state index contributed by atoms with van der Waals surface area (Å²) in [7, 11) is 1.64. The van der Waals surface area contributed by atoms with Crippen molar-refractivity contribution in [1.82, 2.24) is 25.3 Å². The molecule has 2 heterocycles. The van der Waals surface area contributed by atoms with Gasteiger partial charge in [-0.3, -0.25) is 4.79 Å². The molecule has 0 aliphatic carbocycles. The molecule has 0 spiro atoms. The maximum atomic E-state index is 12.1. The number of nitrogens with zero attached hydrogens (tertiary/aromatic N) is 4. The van der Waals surface area contributed by atoms with Crippen molar-refractivity contribution in [3.05, 3.63) is 59.4 Å². The van der Waals surface area contributed by atoms with Crippen molar-refractivity contribution in [2.24, 2.45) is 0 Å². The molecule has 0 aliphatic heterocycles. The number of amides is 1. The summed E-state index contributed by atoms with van der Waals surface area (Å²) >= 11 is 0. The quantitative estimate of drug-likeness (QED) is 0.581. The van der Waals surface area contributed by atoms with E-state index in [4.69, 9.17) is 4.74 Å². The van der Waals surface area contributed by atoms with Crippen molar-refractivity contribution in [3.8, 4) is 11.6 Å². The summed E-state index contributed by atoms with van der Waals surface area (Å²) in [6, 6.07) is 11.3. The molecule has 1 aromatic carbocycles. The van der Waals surface area contributed by atoms with Crippen molar-refractivity contribution in [3.63, 3.8) is 0 Å². The second kappa shape index (κ2) is 8.98. The van der Waals surface area contributed by atoms with E-state index in [0.717, 1.165) is 22.6 Å². The van der Waals surface area contributed by atoms with E-state index < -0.39 is 0 Å². The Kier molecular flexibility index (Phi) is 6.21. The third kappa shape index (κ3) is 5.06. The molecule has 0 bridgehead atoms. The summed E-state index contributed by atoms with van der Waals surface area (Å²) in [5.41, 5.74) is 2.89. The van der Waals surface area contributed by atoms with E-state index in [2.05, 4.69) is 25.9 Å². The summed E-state index contributed by atoms with van der Waals surface area (Å²) in [6.45, 7) is 4.94. The molecule has 3 rings (SSSR count). The molecule has 1 amide bonds. The maximum Gasteiger partial charge on any atom is 0.224 e. The Morgan fingerprint density at radius 3 is 2.61 bits per heavy atom. The number of nitrogens with one attached hydrogen (secondary N) is 2. The van der Waals surface area contributed by atoms with Gasteiger partial charge < -0.3 is 15.4 Å². The fraction of sp³-hybridized carbons (Fsp3) is 0.300. The second-order valence-electron chi connectivity index (χ2n) is 6.44. The van der Waals surface area contributed by atoms with Crippen LogP contribution in [0, 0.1) is 13.8 Å². The number of methoxy groups -OCH3 is 1. The van der Waals surface area contributed by atoms with Crippen LogP contribution < -0.4 is 15.4 Å². The van der Waals surface area contributed by atoms with Crippen LogP contribution >= 0.6 is 0 Å². The molecular weight excluding hydrogens is 356 g/mol. The Labute approximate surface area is 163 Å². The van der Waals surface area contributed by atoms with Crippen LogP contribution in [0.15, 0.2) is 42.6 Å². The lowest BCUT2D eigenvalue weighted by atomic mass is 10.1. The average molecular weight is 380 g/mol. The van der Waals surface area contributed by atoms with Crippen LogP contribution in [0.5, 0.6) is 5.75 Å². The first-order valence-electron chi connectivity index (χ1n) is 9.05. The molecule has 0 atom stereocenters. The van der Waals surface area contributed by atoms with Gasteiger partial charge in [-0.2, -0.15) is 5.10 Å². The lowest BCUT2D eigenvalue weighted by Crippen LogP contribution is -2.30. The molecule has 0 radical (unpaired) electrons. The van der Waals surface area contributed by atoms with Gasteiger partial charge in [0.25, 0.3) is 0 Å². The minimum atomic E-state index is -0.0261. The third-order valence-corrected chi connectivity index (χ3v) is 4.18. The molecule has 146 valence electrons. The summed E-state index contributed by atoms with van der Waals surface area (Å²) < 4.78 is 6.91. The van der Waals surface area contributed by atoms with Gasteiger partial charge in [-0.15, -0.1) is 10.2 Å². The second-order valence-corrected chi connectivity index (χ2v) is 6.44. The maximum absolute atomic E-state index is 12.1. The SMILES string of the molecule is COc1ccc(CC(=O)NCCNc2ccc(-n3ccc(C)n3)nn2)cc1C. The van der Waals surface area contributed by atoms with Crippen LogP contribution in [0.25, 0.3) is 5.82 Å². The van der Waals surface area contributed by atoms with Crippen LogP contribution in [0.3, 0.4) is 0 Å². The highest BCUT2D eigenvalue weighted by molar-refractivity contribution is 5.78. The van der Waals surface area contributed by atoms with Gasteiger partial charge in [-0.1, -0.05) is 12.1 Å². The average Bonchev–Trinajstić information content (AvgIpc) is 3.12. The molecule has 0 saturated carbocycles. The molecule has 8 heteroatoms. The molecule has 2 N–H and O–H groups in total. The van der Waals surface area contributed by atoms with Gasteiger partial charge in [0.1, 0.15) is 11.6 Å². The normalized spacial score (nSPS) is 10.5. The van der Waals surface area contributed by atoms with Gasteiger partial charge in [0.2, 0.25) is 5.91 Å². The third-order valence-electron chi connectivity index (χ3n) is 4.18. The van der Waals surface area contributed by atoms with Gasteiger partial charge in [0.05, 0.1) is 19.2 Å². The summed E-state index contributed by atoms with van der Waals surface area (Å²) in [5.74, 6) is 2.10. The van der Waals surface area contributed by atoms with Crippen LogP contribution in [-0.4, -0.2) is 46.1 Å². The Balaban J connectivity index is 1.41. The van der Waals surface area contributed by atoms with E-state index in [-0.39, 0.29) is 5.91 Å². The zero-order valence-corrected chi connectivity index (χ0v) is 16.3. The molecular formula is C20H24N6O2. The fourth-order valence-electron chi connectivity index (χ4n) is 2.78. The van der Waals surface area contributed by atoms with E-state index in [1.807, 2.05) is 56.4 Å². The van der Waals surface area contributed by atoms with E-state index in [9.17, 15) is 4.79 Å². The van der Waals surface area contributed by atoms with Gasteiger partial charge in [-0.05, 0) is 49.2 Å². The highest BCUT2D eigenvalue weighted by atomic mass is 16.5. The molecule has 0 fully saturated rings. The first-order chi connectivity index (χ1) is 13.5. The molecule has 0 saturated heterocycles. The van der Waals surface area contributed by atoms with Gasteiger partial charge in [0.15, 0.2) is 5.82 Å². The van der Waals surface area contributed by atoms with Gasteiger partial charge in [-0.25, -0.2) is 4.68 Å². The zero-order chi connectivity index (χ0) is 19.9. The highest BCUT2D eigenvalue weighted by Gasteiger charge is 2.06. The van der Waals surface area contributed by atoms with E-state index in [0.29, 0.717) is 31.1 Å². The number of aromatic nitrogens is 4. The fourth-order valence-corrected chi connectivity index (χ4v) is 2.78. The van der Waals surface area contributed by atoms with Gasteiger partial charge in [0, 0.05) is 19.3 Å². The minimum Gasteiger partial charge on any atom is -0.496 e. The van der Waals surface area contributed by atoms with Crippen molar-refractivity contribution >= 4 is 11.7 Å². The van der Waals surface area contributed by atoms with Crippen molar-refractivity contribution < 1.29 is 9.53 Å². The molecule has 28 heavy (non-hydrogen) atoms. The number of hydrogen-bond donors (Lipinski definition) is 2. The number of rotatable bonds is 8. The van der Waals surface area contributed by atoms with E-state index >= 15 is 0 Å². The van der Waals surface area contributed by atoms with Crippen LogP contribution in [-0.2, 0) is 11.2 Å². The largest absolute Gasteiger partial charge is 0.496 e. The zero-order valence-electron chi connectivity index (χ0n) is 16.3. The van der Waals surface area contributed by atoms with Crippen LogP contribution in [0.4, 0.5) is 5.82 Å². The lowest BCUT2D eigenvalue weighted by molar-refractivity contribution is -0.120. The number of ether oxygens (including phenoxy) is 1. The van der Waals surface area contributed by atoms with Crippen LogP contribution in [0.1, 0.15) is 16.8 Å². The predicted octanol–water partition coefficient (Wildman–Crippen LogP) is 2.06. The standard InChI is InChI=1S/C20H24N6O2/c1-14-12-16(4-5-17(14)28-3)13-20(27)22-10-9-21-18-6-7-19(24-23-18)26-11-8-15(2)25-26/h4-8,11-12H,9-10,13H2,1-3H3,(H,21,23)(H,22,27). The minimum absolute atomic E-state index is 0.0261. The predicted molar refractivity (Wildman–Crippen MR) is 107 cm³/mol. The monoisotopic (exact) mass is 380 g/mol. The Hall–Kier alpha value is -3.42. The number of aryl methyl sites for hydroxylation is 2. The molecule has 2 aromatic heterocycles. The number of anilines is 1. The summed E-state index contributed by atoms with van der Waals surface area (Å²) in [5, 5.41) is 18.6.